The lowest BCUT2D eigenvalue weighted by molar-refractivity contribution is 0.373. The van der Waals surface area contributed by atoms with E-state index in [9.17, 15) is 0 Å². The van der Waals surface area contributed by atoms with E-state index in [0.717, 1.165) is 35.2 Å². The van der Waals surface area contributed by atoms with Crippen LogP contribution in [0.5, 0.6) is 0 Å². The van der Waals surface area contributed by atoms with Crippen molar-refractivity contribution in [3.8, 4) is 11.3 Å². The lowest BCUT2D eigenvalue weighted by Crippen LogP contribution is -2.18. The second-order valence-electron chi connectivity index (χ2n) is 6.38. The van der Waals surface area contributed by atoms with Crippen LogP contribution in [0, 0.1) is 5.92 Å². The van der Waals surface area contributed by atoms with Gasteiger partial charge in [0.25, 0.3) is 0 Å². The van der Waals surface area contributed by atoms with Crippen LogP contribution >= 0.6 is 0 Å². The summed E-state index contributed by atoms with van der Waals surface area (Å²) in [6.07, 6.45) is 8.72. The molecule has 1 aliphatic rings. The minimum atomic E-state index is 0.789. The molecular formula is C19H22N4. The molecule has 0 radical (unpaired) electrons. The summed E-state index contributed by atoms with van der Waals surface area (Å²) in [5, 5.41) is 8.25. The molecule has 0 saturated heterocycles. The molecule has 0 amide bonds. The van der Waals surface area contributed by atoms with Gasteiger partial charge >= 0.3 is 0 Å². The molecule has 118 valence electrons. The molecule has 1 aliphatic carbocycles. The van der Waals surface area contributed by atoms with E-state index in [0.29, 0.717) is 0 Å². The zero-order chi connectivity index (χ0) is 15.5. The van der Waals surface area contributed by atoms with E-state index in [1.165, 1.54) is 32.1 Å². The van der Waals surface area contributed by atoms with Crippen molar-refractivity contribution in [2.75, 3.05) is 11.9 Å². The fourth-order valence-corrected chi connectivity index (χ4v) is 3.41. The number of imidazole rings is 1. The predicted molar refractivity (Wildman–Crippen MR) is 93.5 cm³/mol. The molecule has 23 heavy (non-hydrogen) atoms. The summed E-state index contributed by atoms with van der Waals surface area (Å²) in [5.74, 6) is 1.72. The third kappa shape index (κ3) is 3.07. The summed E-state index contributed by atoms with van der Waals surface area (Å²) < 4.78 is 1.93. The first-order valence-corrected chi connectivity index (χ1v) is 8.54. The van der Waals surface area contributed by atoms with Gasteiger partial charge in [0.2, 0.25) is 0 Å². The Bertz CT molecular complexity index is 772. The van der Waals surface area contributed by atoms with Crippen molar-refractivity contribution in [2.24, 2.45) is 5.92 Å². The third-order valence-corrected chi connectivity index (χ3v) is 4.73. The second-order valence-corrected chi connectivity index (χ2v) is 6.38. The molecule has 0 unspecified atom stereocenters. The summed E-state index contributed by atoms with van der Waals surface area (Å²) in [6, 6.07) is 14.3. The van der Waals surface area contributed by atoms with Crippen molar-refractivity contribution in [3.05, 3.63) is 48.7 Å². The van der Waals surface area contributed by atoms with Gasteiger partial charge in [-0.25, -0.2) is 9.50 Å². The average molecular weight is 306 g/mol. The van der Waals surface area contributed by atoms with Gasteiger partial charge in [0.1, 0.15) is 5.82 Å². The monoisotopic (exact) mass is 306 g/mol. The number of nitrogens with zero attached hydrogens (tertiary/aromatic N) is 3. The fourth-order valence-electron chi connectivity index (χ4n) is 3.41. The normalized spacial score (nSPS) is 15.8. The van der Waals surface area contributed by atoms with E-state index >= 15 is 0 Å². The topological polar surface area (TPSA) is 42.2 Å². The number of hydrogen-bond donors (Lipinski definition) is 1. The second kappa shape index (κ2) is 6.41. The molecule has 4 nitrogen and oxygen atoms in total. The summed E-state index contributed by atoms with van der Waals surface area (Å²) in [5.41, 5.74) is 3.05. The van der Waals surface area contributed by atoms with Crippen LogP contribution < -0.4 is 5.32 Å². The maximum absolute atomic E-state index is 4.74. The average Bonchev–Trinajstić information content (AvgIpc) is 3.05. The van der Waals surface area contributed by atoms with E-state index in [2.05, 4.69) is 22.4 Å². The first kappa shape index (κ1) is 14.2. The van der Waals surface area contributed by atoms with Crippen LogP contribution in [0.2, 0.25) is 0 Å². The van der Waals surface area contributed by atoms with Crippen LogP contribution in [-0.4, -0.2) is 21.1 Å². The summed E-state index contributed by atoms with van der Waals surface area (Å²) in [7, 11) is 0. The first-order chi connectivity index (χ1) is 11.4. The largest absolute Gasteiger partial charge is 0.368 e. The van der Waals surface area contributed by atoms with Gasteiger partial charge in [0, 0.05) is 12.1 Å². The Kier molecular flexibility index (Phi) is 3.97. The van der Waals surface area contributed by atoms with Crippen LogP contribution in [0.15, 0.2) is 48.7 Å². The van der Waals surface area contributed by atoms with Crippen molar-refractivity contribution in [2.45, 2.75) is 32.1 Å². The maximum atomic E-state index is 4.74. The highest BCUT2D eigenvalue weighted by Crippen LogP contribution is 2.24. The Labute approximate surface area is 136 Å². The van der Waals surface area contributed by atoms with Gasteiger partial charge in [-0.2, -0.15) is 0 Å². The van der Waals surface area contributed by atoms with E-state index in [1.807, 2.05) is 41.0 Å². The Hall–Kier alpha value is -2.36. The highest BCUT2D eigenvalue weighted by atomic mass is 15.3. The number of anilines is 1. The van der Waals surface area contributed by atoms with Gasteiger partial charge in [0.15, 0.2) is 5.65 Å². The van der Waals surface area contributed by atoms with Crippen molar-refractivity contribution < 1.29 is 0 Å². The lowest BCUT2D eigenvalue weighted by atomic mass is 9.89. The fraction of sp³-hybridized carbons (Fsp3) is 0.368. The molecule has 0 bridgehead atoms. The summed E-state index contributed by atoms with van der Waals surface area (Å²) >= 11 is 0. The van der Waals surface area contributed by atoms with Crippen LogP contribution in [0.1, 0.15) is 32.1 Å². The zero-order valence-corrected chi connectivity index (χ0v) is 13.3. The lowest BCUT2D eigenvalue weighted by Gasteiger charge is -2.21. The molecule has 1 fully saturated rings. The standard InChI is InChI=1S/C19H22N4/c1-3-7-15(8-4-1)13-20-18-11-12-19-21-14-17(23(19)22-18)16-9-5-2-6-10-16/h2,5-6,9-12,14-15H,1,3-4,7-8,13H2,(H,20,22). The number of nitrogens with one attached hydrogen (secondary N) is 1. The molecule has 1 aromatic carbocycles. The number of hydrogen-bond acceptors (Lipinski definition) is 3. The van der Waals surface area contributed by atoms with Gasteiger partial charge in [0.05, 0.1) is 11.9 Å². The van der Waals surface area contributed by atoms with E-state index in [1.54, 1.807) is 0 Å². The molecule has 0 spiro atoms. The number of aromatic nitrogens is 3. The predicted octanol–water partition coefficient (Wildman–Crippen LogP) is 4.39. The third-order valence-electron chi connectivity index (χ3n) is 4.73. The van der Waals surface area contributed by atoms with Crippen LogP contribution in [-0.2, 0) is 0 Å². The van der Waals surface area contributed by atoms with Gasteiger partial charge in [-0.15, -0.1) is 5.10 Å². The van der Waals surface area contributed by atoms with E-state index in [-0.39, 0.29) is 0 Å². The SMILES string of the molecule is c1ccc(-c2cnc3ccc(NCC4CCCCC4)nn23)cc1. The van der Waals surface area contributed by atoms with E-state index in [4.69, 9.17) is 5.10 Å². The van der Waals surface area contributed by atoms with Gasteiger partial charge < -0.3 is 5.32 Å². The molecule has 1 saturated carbocycles. The number of fused-ring (bicyclic) bond motifs is 1. The quantitative estimate of drug-likeness (QED) is 0.777. The minimum Gasteiger partial charge on any atom is -0.368 e. The van der Waals surface area contributed by atoms with Crippen LogP contribution in [0.3, 0.4) is 0 Å². The molecule has 3 aromatic rings. The van der Waals surface area contributed by atoms with Gasteiger partial charge in [-0.3, -0.25) is 0 Å². The van der Waals surface area contributed by atoms with Crippen molar-refractivity contribution in [1.82, 2.24) is 14.6 Å². The first-order valence-electron chi connectivity index (χ1n) is 8.54. The van der Waals surface area contributed by atoms with E-state index < -0.39 is 0 Å². The smallest absolute Gasteiger partial charge is 0.154 e. The zero-order valence-electron chi connectivity index (χ0n) is 13.3. The van der Waals surface area contributed by atoms with Gasteiger partial charge in [-0.1, -0.05) is 49.6 Å². The Morgan fingerprint density at radius 2 is 1.83 bits per heavy atom. The van der Waals surface area contributed by atoms with Crippen molar-refractivity contribution >= 4 is 11.5 Å². The minimum absolute atomic E-state index is 0.789. The van der Waals surface area contributed by atoms with Crippen LogP contribution in [0.25, 0.3) is 16.9 Å². The van der Waals surface area contributed by atoms with Gasteiger partial charge in [-0.05, 0) is 30.9 Å². The molecular weight excluding hydrogens is 284 g/mol. The molecule has 2 heterocycles. The highest BCUT2D eigenvalue weighted by molar-refractivity contribution is 5.63. The summed E-state index contributed by atoms with van der Waals surface area (Å²) in [6.45, 7) is 1.02. The van der Waals surface area contributed by atoms with Crippen LogP contribution in [0.4, 0.5) is 5.82 Å². The highest BCUT2D eigenvalue weighted by Gasteiger charge is 2.13. The summed E-state index contributed by atoms with van der Waals surface area (Å²) in [4.78, 5) is 4.46. The Morgan fingerprint density at radius 3 is 2.65 bits per heavy atom. The molecule has 2 aromatic heterocycles. The number of benzene rings is 1. The molecule has 4 heteroatoms. The van der Waals surface area contributed by atoms with Crippen molar-refractivity contribution in [1.29, 1.82) is 0 Å². The molecule has 0 atom stereocenters. The maximum Gasteiger partial charge on any atom is 0.154 e. The Balaban J connectivity index is 1.57. The van der Waals surface area contributed by atoms with Crippen molar-refractivity contribution in [3.63, 3.8) is 0 Å². The molecule has 1 N–H and O–H groups in total. The molecule has 4 rings (SSSR count). The molecule has 0 aliphatic heterocycles. The Morgan fingerprint density at radius 1 is 1.00 bits per heavy atom. The number of rotatable bonds is 4.